The second kappa shape index (κ2) is 6.58. The molecule has 0 aliphatic rings. The Morgan fingerprint density at radius 3 is 2.71 bits per heavy atom. The van der Waals surface area contributed by atoms with Crippen molar-refractivity contribution in [2.24, 2.45) is 0 Å². The molecule has 0 radical (unpaired) electrons. The van der Waals surface area contributed by atoms with E-state index < -0.39 is 12.0 Å². The van der Waals surface area contributed by atoms with Crippen LogP contribution in [0.25, 0.3) is 0 Å². The van der Waals surface area contributed by atoms with Crippen LogP contribution in [-0.2, 0) is 4.79 Å². The largest absolute Gasteiger partial charge is 0.480 e. The molecular weight excluding hydrogens is 333 g/mol. The zero-order valence-corrected chi connectivity index (χ0v) is 11.6. The maximum atomic E-state index is 11.8. The summed E-state index contributed by atoms with van der Waals surface area (Å²) in [6.45, 7) is 1.88. The third kappa shape index (κ3) is 4.33. The molecule has 0 aliphatic carbocycles. The van der Waals surface area contributed by atoms with Crippen LogP contribution in [0.15, 0.2) is 24.3 Å². The van der Waals surface area contributed by atoms with Crippen molar-refractivity contribution in [3.05, 3.63) is 33.4 Å². The van der Waals surface area contributed by atoms with E-state index in [-0.39, 0.29) is 5.91 Å². The maximum Gasteiger partial charge on any atom is 0.326 e. The molecule has 1 atom stereocenters. The molecule has 4 nitrogen and oxygen atoms in total. The number of hydrogen-bond acceptors (Lipinski definition) is 2. The van der Waals surface area contributed by atoms with Crippen LogP contribution in [0.5, 0.6) is 0 Å². The molecular formula is C12H14INO3. The number of nitrogens with one attached hydrogen (secondary N) is 1. The summed E-state index contributed by atoms with van der Waals surface area (Å²) in [6, 6.07) is 6.22. The van der Waals surface area contributed by atoms with Gasteiger partial charge in [0.25, 0.3) is 5.91 Å². The highest BCUT2D eigenvalue weighted by molar-refractivity contribution is 14.1. The SMILES string of the molecule is CCC[C@H](NC(=O)c1cccc(I)c1)C(=O)O. The van der Waals surface area contributed by atoms with Gasteiger partial charge in [0.1, 0.15) is 6.04 Å². The van der Waals surface area contributed by atoms with Crippen LogP contribution in [0, 0.1) is 3.57 Å². The number of aliphatic carboxylic acids is 1. The number of carbonyl (C=O) groups excluding carboxylic acids is 1. The molecule has 5 heteroatoms. The molecule has 0 bridgehead atoms. The lowest BCUT2D eigenvalue weighted by molar-refractivity contribution is -0.139. The van der Waals surface area contributed by atoms with E-state index in [2.05, 4.69) is 27.9 Å². The van der Waals surface area contributed by atoms with Crippen molar-refractivity contribution in [2.45, 2.75) is 25.8 Å². The van der Waals surface area contributed by atoms with Gasteiger partial charge in [0.2, 0.25) is 0 Å². The van der Waals surface area contributed by atoms with E-state index in [1.54, 1.807) is 18.2 Å². The topological polar surface area (TPSA) is 66.4 Å². The van der Waals surface area contributed by atoms with E-state index in [1.807, 2.05) is 13.0 Å². The van der Waals surface area contributed by atoms with E-state index in [9.17, 15) is 9.59 Å². The fourth-order valence-electron chi connectivity index (χ4n) is 1.42. The number of carboxylic acids is 1. The molecule has 0 heterocycles. The number of amides is 1. The Bertz CT molecular complexity index is 420. The Kier molecular flexibility index (Phi) is 5.40. The minimum Gasteiger partial charge on any atom is -0.480 e. The van der Waals surface area contributed by atoms with E-state index in [0.29, 0.717) is 18.4 Å². The molecule has 0 spiro atoms. The lowest BCUT2D eigenvalue weighted by Crippen LogP contribution is -2.40. The molecule has 2 N–H and O–H groups in total. The number of carboxylic acid groups (broad SMARTS) is 1. The van der Waals surface area contributed by atoms with Gasteiger partial charge in [0.05, 0.1) is 0 Å². The average molecular weight is 347 g/mol. The smallest absolute Gasteiger partial charge is 0.326 e. The summed E-state index contributed by atoms with van der Waals surface area (Å²) in [5, 5.41) is 11.5. The molecule has 0 saturated carbocycles. The maximum absolute atomic E-state index is 11.8. The molecule has 1 rings (SSSR count). The van der Waals surface area contributed by atoms with Crippen molar-refractivity contribution in [3.63, 3.8) is 0 Å². The molecule has 0 aromatic heterocycles. The molecule has 1 aromatic rings. The van der Waals surface area contributed by atoms with Gasteiger partial charge in [0.15, 0.2) is 0 Å². The molecule has 17 heavy (non-hydrogen) atoms. The second-order valence-electron chi connectivity index (χ2n) is 3.66. The third-order valence-corrected chi connectivity index (χ3v) is 2.94. The highest BCUT2D eigenvalue weighted by Gasteiger charge is 2.19. The van der Waals surface area contributed by atoms with Gasteiger partial charge in [-0.25, -0.2) is 4.79 Å². The fourth-order valence-corrected chi connectivity index (χ4v) is 1.96. The standard InChI is InChI=1S/C12H14INO3/c1-2-4-10(12(16)17)14-11(15)8-5-3-6-9(13)7-8/h3,5-7,10H,2,4H2,1H3,(H,14,15)(H,16,17)/t10-/m0/s1. The zero-order valence-electron chi connectivity index (χ0n) is 9.44. The highest BCUT2D eigenvalue weighted by Crippen LogP contribution is 2.08. The minimum absolute atomic E-state index is 0.343. The lowest BCUT2D eigenvalue weighted by atomic mass is 10.1. The predicted molar refractivity (Wildman–Crippen MR) is 73.0 cm³/mol. The highest BCUT2D eigenvalue weighted by atomic mass is 127. The van der Waals surface area contributed by atoms with Crippen LogP contribution in [0.1, 0.15) is 30.1 Å². The first-order valence-corrected chi connectivity index (χ1v) is 6.41. The first kappa shape index (κ1) is 14.0. The Morgan fingerprint density at radius 1 is 1.47 bits per heavy atom. The average Bonchev–Trinajstić information content (AvgIpc) is 2.28. The van der Waals surface area contributed by atoms with E-state index in [4.69, 9.17) is 5.11 Å². The van der Waals surface area contributed by atoms with Gasteiger partial charge in [-0.3, -0.25) is 4.79 Å². The number of benzene rings is 1. The minimum atomic E-state index is -0.995. The van der Waals surface area contributed by atoms with Crippen LogP contribution in [-0.4, -0.2) is 23.0 Å². The quantitative estimate of drug-likeness (QED) is 0.803. The Hall–Kier alpha value is -1.11. The summed E-state index contributed by atoms with van der Waals surface area (Å²) in [5.74, 6) is -1.34. The first-order valence-electron chi connectivity index (χ1n) is 5.33. The molecule has 92 valence electrons. The second-order valence-corrected chi connectivity index (χ2v) is 4.91. The fraction of sp³-hybridized carbons (Fsp3) is 0.333. The zero-order chi connectivity index (χ0) is 12.8. The summed E-state index contributed by atoms with van der Waals surface area (Å²) in [4.78, 5) is 22.7. The summed E-state index contributed by atoms with van der Waals surface area (Å²) in [6.07, 6.45) is 1.15. The van der Waals surface area contributed by atoms with Crippen molar-refractivity contribution in [1.82, 2.24) is 5.32 Å². The summed E-state index contributed by atoms with van der Waals surface area (Å²) >= 11 is 2.11. The summed E-state index contributed by atoms with van der Waals surface area (Å²) in [5.41, 5.74) is 0.485. The molecule has 0 aliphatic heterocycles. The lowest BCUT2D eigenvalue weighted by Gasteiger charge is -2.13. The van der Waals surface area contributed by atoms with Gasteiger partial charge in [-0.1, -0.05) is 19.4 Å². The Labute approximate surface area is 114 Å². The number of carbonyl (C=O) groups is 2. The molecule has 0 fully saturated rings. The van der Waals surface area contributed by atoms with Crippen LogP contribution in [0.2, 0.25) is 0 Å². The number of halogens is 1. The molecule has 0 unspecified atom stereocenters. The van der Waals surface area contributed by atoms with Crippen molar-refractivity contribution in [1.29, 1.82) is 0 Å². The van der Waals surface area contributed by atoms with E-state index >= 15 is 0 Å². The normalized spacial score (nSPS) is 11.9. The first-order chi connectivity index (χ1) is 8.04. The van der Waals surface area contributed by atoms with Gasteiger partial charge in [0, 0.05) is 9.13 Å². The molecule has 1 aromatic carbocycles. The summed E-state index contributed by atoms with van der Waals surface area (Å²) in [7, 11) is 0. The van der Waals surface area contributed by atoms with Gasteiger partial charge in [-0.15, -0.1) is 0 Å². The van der Waals surface area contributed by atoms with Gasteiger partial charge >= 0.3 is 5.97 Å². The number of rotatable bonds is 5. The van der Waals surface area contributed by atoms with E-state index in [0.717, 1.165) is 3.57 Å². The Balaban J connectivity index is 2.73. The van der Waals surface area contributed by atoms with Crippen LogP contribution in [0.3, 0.4) is 0 Å². The Morgan fingerprint density at radius 2 is 2.18 bits per heavy atom. The van der Waals surface area contributed by atoms with Crippen LogP contribution < -0.4 is 5.32 Å². The van der Waals surface area contributed by atoms with Crippen molar-refractivity contribution in [2.75, 3.05) is 0 Å². The van der Waals surface area contributed by atoms with Gasteiger partial charge in [-0.05, 0) is 47.2 Å². The molecule has 0 saturated heterocycles. The van der Waals surface area contributed by atoms with E-state index in [1.165, 1.54) is 0 Å². The monoisotopic (exact) mass is 347 g/mol. The predicted octanol–water partition coefficient (Wildman–Crippen LogP) is 2.27. The van der Waals surface area contributed by atoms with Crippen molar-refractivity contribution >= 4 is 34.5 Å². The number of hydrogen-bond donors (Lipinski definition) is 2. The van der Waals surface area contributed by atoms with Gasteiger partial charge in [-0.2, -0.15) is 0 Å². The van der Waals surface area contributed by atoms with Gasteiger partial charge < -0.3 is 10.4 Å². The third-order valence-electron chi connectivity index (χ3n) is 2.27. The van der Waals surface area contributed by atoms with Crippen LogP contribution >= 0.6 is 22.6 Å². The summed E-state index contributed by atoms with van der Waals surface area (Å²) < 4.78 is 0.942. The van der Waals surface area contributed by atoms with Crippen molar-refractivity contribution in [3.8, 4) is 0 Å². The van der Waals surface area contributed by atoms with Crippen LogP contribution in [0.4, 0.5) is 0 Å². The molecule has 1 amide bonds. The van der Waals surface area contributed by atoms with Crippen molar-refractivity contribution < 1.29 is 14.7 Å².